The van der Waals surface area contributed by atoms with Gasteiger partial charge in [-0.3, -0.25) is 4.79 Å². The molecule has 3 aliphatic rings. The first kappa shape index (κ1) is 17.0. The van der Waals surface area contributed by atoms with E-state index in [1.165, 1.54) is 19.3 Å². The summed E-state index contributed by atoms with van der Waals surface area (Å²) in [5.74, 6) is 0.613. The van der Waals surface area contributed by atoms with Crippen LogP contribution in [-0.4, -0.2) is 49.7 Å². The summed E-state index contributed by atoms with van der Waals surface area (Å²) >= 11 is 0. The summed E-state index contributed by atoms with van der Waals surface area (Å²) in [5.41, 5.74) is 0.299. The fourth-order valence-electron chi connectivity index (χ4n) is 4.46. The van der Waals surface area contributed by atoms with E-state index in [1.807, 2.05) is 7.05 Å². The van der Waals surface area contributed by atoms with Crippen molar-refractivity contribution in [2.75, 3.05) is 26.7 Å². The number of carbonyl (C=O) groups is 1. The molecule has 1 heterocycles. The molecule has 1 aliphatic heterocycles. The zero-order chi connectivity index (χ0) is 14.2. The van der Waals surface area contributed by atoms with E-state index in [9.17, 15) is 4.79 Å². The molecule has 122 valence electrons. The number of halogens is 1. The fraction of sp³-hybridized carbons (Fsp3) is 0.938. The van der Waals surface area contributed by atoms with Crippen LogP contribution in [0.1, 0.15) is 45.4 Å². The molecule has 5 heteroatoms. The number of amides is 1. The lowest BCUT2D eigenvalue weighted by Gasteiger charge is -2.63. The van der Waals surface area contributed by atoms with Gasteiger partial charge < -0.3 is 15.0 Å². The largest absolute Gasteiger partial charge is 0.378 e. The van der Waals surface area contributed by atoms with Crippen LogP contribution in [0.4, 0.5) is 0 Å². The Hall–Kier alpha value is -0.320. The minimum Gasteiger partial charge on any atom is -0.378 e. The van der Waals surface area contributed by atoms with E-state index in [0.29, 0.717) is 23.5 Å². The molecule has 1 saturated heterocycles. The lowest BCUT2D eigenvalue weighted by Crippen LogP contribution is -2.68. The molecule has 2 atom stereocenters. The maximum atomic E-state index is 12.7. The molecule has 0 bridgehead atoms. The molecule has 0 aromatic heterocycles. The van der Waals surface area contributed by atoms with Gasteiger partial charge in [0.2, 0.25) is 5.91 Å². The van der Waals surface area contributed by atoms with Gasteiger partial charge in [0.15, 0.2) is 0 Å². The normalized spacial score (nSPS) is 31.0. The Kier molecular flexibility index (Phi) is 5.55. The highest BCUT2D eigenvalue weighted by Gasteiger charge is 2.61. The third-order valence-electron chi connectivity index (χ3n) is 5.90. The molecule has 2 saturated carbocycles. The predicted molar refractivity (Wildman–Crippen MR) is 85.7 cm³/mol. The number of nitrogens with one attached hydrogen (secondary N) is 1. The van der Waals surface area contributed by atoms with E-state index in [1.54, 1.807) is 0 Å². The van der Waals surface area contributed by atoms with Crippen LogP contribution in [0, 0.1) is 11.3 Å². The van der Waals surface area contributed by atoms with Crippen molar-refractivity contribution < 1.29 is 9.53 Å². The zero-order valence-corrected chi connectivity index (χ0v) is 14.1. The third-order valence-corrected chi connectivity index (χ3v) is 5.90. The van der Waals surface area contributed by atoms with Crippen LogP contribution >= 0.6 is 12.4 Å². The van der Waals surface area contributed by atoms with E-state index in [4.69, 9.17) is 4.74 Å². The Labute approximate surface area is 134 Å². The van der Waals surface area contributed by atoms with Gasteiger partial charge in [0.05, 0.1) is 6.10 Å². The Morgan fingerprint density at radius 2 is 2.00 bits per heavy atom. The fourth-order valence-corrected chi connectivity index (χ4v) is 4.46. The molecule has 4 nitrogen and oxygen atoms in total. The molecular formula is C16H29ClN2O2. The highest BCUT2D eigenvalue weighted by molar-refractivity contribution is 5.85. The minimum atomic E-state index is 0. The molecule has 2 unspecified atom stereocenters. The first-order chi connectivity index (χ1) is 9.69. The van der Waals surface area contributed by atoms with Crippen molar-refractivity contribution in [2.45, 2.75) is 57.6 Å². The summed E-state index contributed by atoms with van der Waals surface area (Å²) in [6.07, 6.45) is 7.22. The minimum absolute atomic E-state index is 0. The summed E-state index contributed by atoms with van der Waals surface area (Å²) < 4.78 is 5.89. The van der Waals surface area contributed by atoms with Crippen molar-refractivity contribution in [1.29, 1.82) is 0 Å². The molecule has 1 spiro atoms. The van der Waals surface area contributed by atoms with Gasteiger partial charge in [-0.05, 0) is 52.1 Å². The molecule has 3 fully saturated rings. The average Bonchev–Trinajstić information content (AvgIpc) is 2.41. The van der Waals surface area contributed by atoms with Crippen molar-refractivity contribution in [2.24, 2.45) is 11.3 Å². The lowest BCUT2D eigenvalue weighted by molar-refractivity contribution is -0.204. The molecule has 0 aromatic carbocycles. The summed E-state index contributed by atoms with van der Waals surface area (Å²) in [6, 6.07) is 0.426. The van der Waals surface area contributed by atoms with Gasteiger partial charge in [-0.15, -0.1) is 12.4 Å². The summed E-state index contributed by atoms with van der Waals surface area (Å²) in [6.45, 7) is 4.85. The van der Waals surface area contributed by atoms with Crippen LogP contribution in [0.2, 0.25) is 0 Å². The van der Waals surface area contributed by atoms with Gasteiger partial charge >= 0.3 is 0 Å². The van der Waals surface area contributed by atoms with Gasteiger partial charge in [0, 0.05) is 31.0 Å². The van der Waals surface area contributed by atoms with E-state index in [2.05, 4.69) is 17.1 Å². The number of hydrogen-bond acceptors (Lipinski definition) is 3. The molecule has 0 aromatic rings. The van der Waals surface area contributed by atoms with Gasteiger partial charge in [-0.1, -0.05) is 6.42 Å². The molecule has 21 heavy (non-hydrogen) atoms. The van der Waals surface area contributed by atoms with Gasteiger partial charge in [0.25, 0.3) is 0 Å². The van der Waals surface area contributed by atoms with E-state index < -0.39 is 0 Å². The maximum absolute atomic E-state index is 12.7. The number of rotatable bonds is 4. The second kappa shape index (κ2) is 6.84. The highest BCUT2D eigenvalue weighted by atomic mass is 35.5. The van der Waals surface area contributed by atoms with Crippen LogP contribution in [0.5, 0.6) is 0 Å². The van der Waals surface area contributed by atoms with Crippen LogP contribution in [0.25, 0.3) is 0 Å². The quantitative estimate of drug-likeness (QED) is 0.864. The van der Waals surface area contributed by atoms with Crippen molar-refractivity contribution >= 4 is 18.3 Å². The van der Waals surface area contributed by atoms with Crippen molar-refractivity contribution in [3.8, 4) is 0 Å². The second-order valence-electron chi connectivity index (χ2n) is 6.76. The predicted octanol–water partition coefficient (Wildman–Crippen LogP) is 2.21. The Bertz CT molecular complexity index is 367. The number of nitrogens with zero attached hydrogens (tertiary/aromatic N) is 1. The standard InChI is InChI=1S/C16H28N2O2.ClH/c1-3-20-14-11-13(16(14)7-4-8-16)18(2)15(19)12-5-9-17-10-6-12;/h12-14,17H,3-11H2,1-2H3;1H. The molecule has 1 amide bonds. The Balaban J connectivity index is 0.00000161. The molecule has 3 rings (SSSR count). The smallest absolute Gasteiger partial charge is 0.225 e. The summed E-state index contributed by atoms with van der Waals surface area (Å²) in [7, 11) is 2.03. The molecule has 2 aliphatic carbocycles. The zero-order valence-electron chi connectivity index (χ0n) is 13.3. The number of piperidine rings is 1. The maximum Gasteiger partial charge on any atom is 0.225 e. The highest BCUT2D eigenvalue weighted by Crippen LogP contribution is 2.59. The van der Waals surface area contributed by atoms with E-state index in [-0.39, 0.29) is 18.3 Å². The molecule has 1 N–H and O–H groups in total. The van der Waals surface area contributed by atoms with Crippen molar-refractivity contribution in [1.82, 2.24) is 10.2 Å². The topological polar surface area (TPSA) is 41.6 Å². The van der Waals surface area contributed by atoms with Gasteiger partial charge in [-0.25, -0.2) is 0 Å². The summed E-state index contributed by atoms with van der Waals surface area (Å²) in [4.78, 5) is 14.8. The lowest BCUT2D eigenvalue weighted by atomic mass is 9.50. The van der Waals surface area contributed by atoms with Crippen LogP contribution in [0.15, 0.2) is 0 Å². The summed E-state index contributed by atoms with van der Waals surface area (Å²) in [5, 5.41) is 3.34. The Morgan fingerprint density at radius 1 is 1.33 bits per heavy atom. The average molecular weight is 317 g/mol. The number of ether oxygens (including phenoxy) is 1. The van der Waals surface area contributed by atoms with Gasteiger partial charge in [0.1, 0.15) is 0 Å². The first-order valence-corrected chi connectivity index (χ1v) is 8.28. The van der Waals surface area contributed by atoms with Crippen molar-refractivity contribution in [3.05, 3.63) is 0 Å². The Morgan fingerprint density at radius 3 is 2.52 bits per heavy atom. The second-order valence-corrected chi connectivity index (χ2v) is 6.76. The van der Waals surface area contributed by atoms with Crippen LogP contribution in [0.3, 0.4) is 0 Å². The van der Waals surface area contributed by atoms with E-state index >= 15 is 0 Å². The third kappa shape index (κ3) is 2.82. The van der Waals surface area contributed by atoms with Crippen molar-refractivity contribution in [3.63, 3.8) is 0 Å². The number of hydrogen-bond donors (Lipinski definition) is 1. The van der Waals surface area contributed by atoms with Crippen LogP contribution in [-0.2, 0) is 9.53 Å². The molecular weight excluding hydrogens is 288 g/mol. The SMILES string of the molecule is CCOC1CC(N(C)C(=O)C2CCNCC2)C12CCC2.Cl. The van der Waals surface area contributed by atoms with E-state index in [0.717, 1.165) is 39.0 Å². The number of carbonyl (C=O) groups excluding carboxylic acids is 1. The van der Waals surface area contributed by atoms with Gasteiger partial charge in [-0.2, -0.15) is 0 Å². The molecule has 0 radical (unpaired) electrons. The monoisotopic (exact) mass is 316 g/mol. The first-order valence-electron chi connectivity index (χ1n) is 8.28. The van der Waals surface area contributed by atoms with Crippen LogP contribution < -0.4 is 5.32 Å².